The van der Waals surface area contributed by atoms with Crippen molar-refractivity contribution in [3.8, 4) is 0 Å². The lowest BCUT2D eigenvalue weighted by Crippen LogP contribution is -2.32. The van der Waals surface area contributed by atoms with Gasteiger partial charge in [-0.25, -0.2) is 4.99 Å². The molecule has 0 spiro atoms. The number of benzene rings is 1. The zero-order valence-corrected chi connectivity index (χ0v) is 9.56. The van der Waals surface area contributed by atoms with Gasteiger partial charge in [0.1, 0.15) is 5.84 Å². The maximum atomic E-state index is 4.64. The molecule has 17 heavy (non-hydrogen) atoms. The van der Waals surface area contributed by atoms with E-state index in [1.807, 2.05) is 6.34 Å². The number of rotatable bonds is 0. The molecule has 0 saturated heterocycles. The topological polar surface area (TPSA) is 28.0 Å². The summed E-state index contributed by atoms with van der Waals surface area (Å²) in [7, 11) is 0. The minimum atomic E-state index is 0.903. The van der Waals surface area contributed by atoms with Crippen LogP contribution in [0.15, 0.2) is 39.8 Å². The predicted octanol–water partition coefficient (Wildman–Crippen LogP) is 2.10. The minimum Gasteiger partial charge on any atom is -0.315 e. The summed E-state index contributed by atoms with van der Waals surface area (Å²) in [6.45, 7) is 1.89. The SMILES string of the molecule is C1=NC2=C(CCc3ccccc32)C2=NCCN12. The second-order valence-electron chi connectivity index (χ2n) is 4.63. The van der Waals surface area contributed by atoms with Gasteiger partial charge in [0.05, 0.1) is 18.6 Å². The molecule has 0 radical (unpaired) electrons. The van der Waals surface area contributed by atoms with Crippen molar-refractivity contribution in [1.29, 1.82) is 0 Å². The molecule has 0 N–H and O–H groups in total. The Morgan fingerprint density at radius 1 is 1.12 bits per heavy atom. The summed E-state index contributed by atoms with van der Waals surface area (Å²) < 4.78 is 0. The Hall–Kier alpha value is -1.90. The molecule has 1 aromatic carbocycles. The molecule has 3 nitrogen and oxygen atoms in total. The highest BCUT2D eigenvalue weighted by Crippen LogP contribution is 2.35. The zero-order valence-electron chi connectivity index (χ0n) is 9.56. The highest BCUT2D eigenvalue weighted by molar-refractivity contribution is 6.13. The van der Waals surface area contributed by atoms with E-state index in [-0.39, 0.29) is 0 Å². The summed E-state index contributed by atoms with van der Waals surface area (Å²) in [5.41, 5.74) is 5.18. The summed E-state index contributed by atoms with van der Waals surface area (Å²) in [5.74, 6) is 1.16. The third kappa shape index (κ3) is 1.22. The van der Waals surface area contributed by atoms with Crippen molar-refractivity contribution in [2.45, 2.75) is 12.8 Å². The number of aliphatic imine (C=N–C) groups is 2. The lowest BCUT2D eigenvalue weighted by molar-refractivity contribution is 0.674. The fourth-order valence-electron chi connectivity index (χ4n) is 2.84. The van der Waals surface area contributed by atoms with Crippen LogP contribution in [0.25, 0.3) is 5.70 Å². The van der Waals surface area contributed by atoms with Crippen molar-refractivity contribution in [2.75, 3.05) is 13.1 Å². The molecule has 0 amide bonds. The number of hydrogen-bond donors (Lipinski definition) is 0. The fourth-order valence-corrected chi connectivity index (χ4v) is 2.84. The fraction of sp³-hybridized carbons (Fsp3) is 0.286. The van der Waals surface area contributed by atoms with Crippen LogP contribution in [-0.4, -0.2) is 30.2 Å². The van der Waals surface area contributed by atoms with Gasteiger partial charge in [-0.2, -0.15) is 0 Å². The van der Waals surface area contributed by atoms with Crippen molar-refractivity contribution in [3.63, 3.8) is 0 Å². The summed E-state index contributed by atoms with van der Waals surface area (Å²) in [6.07, 6.45) is 4.11. The van der Waals surface area contributed by atoms with Gasteiger partial charge in [-0.15, -0.1) is 0 Å². The van der Waals surface area contributed by atoms with Gasteiger partial charge in [0.25, 0.3) is 0 Å². The van der Waals surface area contributed by atoms with Crippen molar-refractivity contribution >= 4 is 17.9 Å². The van der Waals surface area contributed by atoms with E-state index in [4.69, 9.17) is 0 Å². The molecule has 1 aromatic rings. The molecule has 1 aliphatic carbocycles. The Kier molecular flexibility index (Phi) is 1.78. The Morgan fingerprint density at radius 3 is 3.06 bits per heavy atom. The second-order valence-corrected chi connectivity index (χ2v) is 4.63. The normalized spacial score (nSPS) is 20.9. The number of hydrogen-bond acceptors (Lipinski definition) is 3. The molecule has 0 saturated carbocycles. The van der Waals surface area contributed by atoms with Gasteiger partial charge in [0, 0.05) is 17.7 Å². The Balaban J connectivity index is 1.93. The smallest absolute Gasteiger partial charge is 0.134 e. The number of fused-ring (bicyclic) bond motifs is 4. The molecule has 2 aliphatic heterocycles. The van der Waals surface area contributed by atoms with E-state index >= 15 is 0 Å². The third-order valence-electron chi connectivity index (χ3n) is 3.67. The molecule has 0 atom stereocenters. The van der Waals surface area contributed by atoms with Crippen LogP contribution in [0.1, 0.15) is 17.5 Å². The molecule has 3 aliphatic rings. The van der Waals surface area contributed by atoms with Crippen LogP contribution in [-0.2, 0) is 6.42 Å². The van der Waals surface area contributed by atoms with Crippen LogP contribution in [0.5, 0.6) is 0 Å². The molecule has 3 heteroatoms. The lowest BCUT2D eigenvalue weighted by atomic mass is 9.88. The van der Waals surface area contributed by atoms with E-state index < -0.39 is 0 Å². The molecule has 84 valence electrons. The number of aryl methyl sites for hydroxylation is 1. The van der Waals surface area contributed by atoms with E-state index in [0.717, 1.165) is 37.5 Å². The van der Waals surface area contributed by atoms with Crippen molar-refractivity contribution < 1.29 is 0 Å². The predicted molar refractivity (Wildman–Crippen MR) is 69.2 cm³/mol. The van der Waals surface area contributed by atoms with Crippen LogP contribution >= 0.6 is 0 Å². The summed E-state index contributed by atoms with van der Waals surface area (Å²) in [6, 6.07) is 8.58. The van der Waals surface area contributed by atoms with Crippen LogP contribution in [0, 0.1) is 0 Å². The highest BCUT2D eigenvalue weighted by Gasteiger charge is 2.29. The molecule has 0 bridgehead atoms. The second kappa shape index (κ2) is 3.29. The highest BCUT2D eigenvalue weighted by atomic mass is 15.3. The van der Waals surface area contributed by atoms with Crippen molar-refractivity contribution in [1.82, 2.24) is 4.90 Å². The van der Waals surface area contributed by atoms with E-state index in [2.05, 4.69) is 39.2 Å². The summed E-state index contributed by atoms with van der Waals surface area (Å²) >= 11 is 0. The maximum Gasteiger partial charge on any atom is 0.134 e. The van der Waals surface area contributed by atoms with Crippen LogP contribution in [0.4, 0.5) is 0 Å². The van der Waals surface area contributed by atoms with Gasteiger partial charge in [0.2, 0.25) is 0 Å². The van der Waals surface area contributed by atoms with Gasteiger partial charge < -0.3 is 4.90 Å². The third-order valence-corrected chi connectivity index (χ3v) is 3.67. The first-order chi connectivity index (χ1) is 8.43. The monoisotopic (exact) mass is 223 g/mol. The standard InChI is InChI=1S/C14H13N3/c1-2-4-11-10(3-1)5-6-12-13(11)16-9-17-8-7-15-14(12)17/h1-4,9H,5-8H2. The summed E-state index contributed by atoms with van der Waals surface area (Å²) in [4.78, 5) is 11.4. The van der Waals surface area contributed by atoms with E-state index in [9.17, 15) is 0 Å². The van der Waals surface area contributed by atoms with E-state index in [1.165, 1.54) is 16.7 Å². The average Bonchev–Trinajstić information content (AvgIpc) is 2.86. The molecular formula is C14H13N3. The molecule has 0 aromatic heterocycles. The van der Waals surface area contributed by atoms with Crippen LogP contribution in [0.3, 0.4) is 0 Å². The van der Waals surface area contributed by atoms with Gasteiger partial charge in [-0.1, -0.05) is 24.3 Å². The Labute approximate surface area is 100 Å². The molecule has 2 heterocycles. The molecular weight excluding hydrogens is 210 g/mol. The Bertz CT molecular complexity index is 581. The average molecular weight is 223 g/mol. The first-order valence-electron chi connectivity index (χ1n) is 6.10. The molecule has 0 unspecified atom stereocenters. The van der Waals surface area contributed by atoms with E-state index in [1.54, 1.807) is 0 Å². The minimum absolute atomic E-state index is 0.903. The van der Waals surface area contributed by atoms with Gasteiger partial charge in [0.15, 0.2) is 0 Å². The number of nitrogens with zero attached hydrogens (tertiary/aromatic N) is 3. The van der Waals surface area contributed by atoms with Gasteiger partial charge in [-0.3, -0.25) is 4.99 Å². The van der Waals surface area contributed by atoms with E-state index in [0.29, 0.717) is 0 Å². The molecule has 0 fully saturated rings. The van der Waals surface area contributed by atoms with Crippen molar-refractivity contribution in [2.24, 2.45) is 9.98 Å². The maximum absolute atomic E-state index is 4.64. The lowest BCUT2D eigenvalue weighted by Gasteiger charge is -2.28. The molecule has 4 rings (SSSR count). The quantitative estimate of drug-likeness (QED) is 0.662. The van der Waals surface area contributed by atoms with Crippen LogP contribution in [0.2, 0.25) is 0 Å². The van der Waals surface area contributed by atoms with Gasteiger partial charge >= 0.3 is 0 Å². The van der Waals surface area contributed by atoms with Gasteiger partial charge in [-0.05, 0) is 18.4 Å². The summed E-state index contributed by atoms with van der Waals surface area (Å²) in [5, 5.41) is 0. The van der Waals surface area contributed by atoms with Crippen LogP contribution < -0.4 is 0 Å². The Morgan fingerprint density at radius 2 is 2.06 bits per heavy atom. The first-order valence-corrected chi connectivity index (χ1v) is 6.10. The first kappa shape index (κ1) is 9.16. The number of amidine groups is 1. The largest absolute Gasteiger partial charge is 0.315 e. The zero-order chi connectivity index (χ0) is 11.2. The van der Waals surface area contributed by atoms with Crippen molar-refractivity contribution in [3.05, 3.63) is 41.0 Å².